The van der Waals surface area contributed by atoms with Crippen LogP contribution in [0.1, 0.15) is 25.0 Å². The first-order chi connectivity index (χ1) is 26.4. The van der Waals surface area contributed by atoms with Crippen LogP contribution < -0.4 is 15.2 Å². The van der Waals surface area contributed by atoms with Crippen LogP contribution in [0.15, 0.2) is 164 Å². The maximum atomic E-state index is 7.02. The second kappa shape index (κ2) is 12.3. The van der Waals surface area contributed by atoms with Crippen LogP contribution in [0.4, 0.5) is 5.69 Å². The normalized spacial score (nSPS) is 13.1. The monoisotopic (exact) mass is 697 g/mol. The topological polar surface area (TPSA) is 70.3 Å². The Labute approximate surface area is 314 Å². The van der Waals surface area contributed by atoms with Crippen molar-refractivity contribution in [3.05, 3.63) is 175 Å². The molecule has 1 aliphatic carbocycles. The molecule has 0 radical (unpaired) electrons. The Kier molecular flexibility index (Phi) is 7.24. The number of benzene rings is 7. The van der Waals surface area contributed by atoms with E-state index < -0.39 is 0 Å². The van der Waals surface area contributed by atoms with E-state index in [0.717, 1.165) is 67.3 Å². The first-order valence-corrected chi connectivity index (χ1v) is 18.2. The van der Waals surface area contributed by atoms with Crippen molar-refractivity contribution in [2.75, 3.05) is 5.73 Å². The zero-order valence-electron chi connectivity index (χ0n) is 29.9. The van der Waals surface area contributed by atoms with E-state index in [1.807, 2.05) is 66.7 Å². The fraction of sp³-hybridized carbons (Fsp3) is 0.0612. The number of nitrogens with two attached hydrogens (primary N) is 1. The summed E-state index contributed by atoms with van der Waals surface area (Å²) in [6.45, 7) is 4.55. The van der Waals surface area contributed by atoms with Crippen molar-refractivity contribution in [3.8, 4) is 90.3 Å². The molecule has 54 heavy (non-hydrogen) atoms. The van der Waals surface area contributed by atoms with E-state index in [4.69, 9.17) is 25.2 Å². The highest BCUT2D eigenvalue weighted by Crippen LogP contribution is 2.59. The number of anilines is 1. The van der Waals surface area contributed by atoms with E-state index in [1.165, 1.54) is 16.7 Å². The highest BCUT2D eigenvalue weighted by Gasteiger charge is 2.40. The Balaban J connectivity index is 1.12. The van der Waals surface area contributed by atoms with Crippen LogP contribution in [0.5, 0.6) is 23.0 Å². The van der Waals surface area contributed by atoms with Gasteiger partial charge in [-0.05, 0) is 69.8 Å². The van der Waals surface area contributed by atoms with Crippen molar-refractivity contribution in [1.29, 1.82) is 0 Å². The molecule has 1 aliphatic heterocycles. The third-order valence-electron chi connectivity index (χ3n) is 10.7. The van der Waals surface area contributed by atoms with Crippen molar-refractivity contribution in [2.45, 2.75) is 19.3 Å². The summed E-state index contributed by atoms with van der Waals surface area (Å²) < 4.78 is 13.7. The van der Waals surface area contributed by atoms with Gasteiger partial charge in [0, 0.05) is 38.9 Å². The predicted octanol–water partition coefficient (Wildman–Crippen LogP) is 12.6. The fourth-order valence-electron chi connectivity index (χ4n) is 8.02. The number of hydrogen-bond donors (Lipinski definition) is 1. The Morgan fingerprint density at radius 3 is 1.87 bits per heavy atom. The average molecular weight is 698 g/mol. The number of nitrogens with zero attached hydrogens (tertiary/aromatic N) is 2. The number of para-hydroxylation sites is 1. The second-order valence-electron chi connectivity index (χ2n) is 14.4. The van der Waals surface area contributed by atoms with Gasteiger partial charge in [-0.25, -0.2) is 9.97 Å². The number of rotatable bonds is 5. The maximum absolute atomic E-state index is 7.02. The summed E-state index contributed by atoms with van der Waals surface area (Å²) in [6, 6.07) is 55.8. The molecule has 8 aromatic rings. The lowest BCUT2D eigenvalue weighted by atomic mass is 9.82. The molecule has 7 aromatic carbocycles. The predicted molar refractivity (Wildman–Crippen MR) is 218 cm³/mol. The van der Waals surface area contributed by atoms with Crippen LogP contribution in [-0.2, 0) is 5.41 Å². The zero-order chi connectivity index (χ0) is 36.4. The molecule has 0 unspecified atom stereocenters. The zero-order valence-corrected chi connectivity index (χ0v) is 29.9. The molecule has 5 nitrogen and oxygen atoms in total. The van der Waals surface area contributed by atoms with Gasteiger partial charge in [-0.3, -0.25) is 0 Å². The van der Waals surface area contributed by atoms with E-state index in [-0.39, 0.29) is 5.41 Å². The van der Waals surface area contributed by atoms with Gasteiger partial charge in [0.15, 0.2) is 28.8 Å². The minimum absolute atomic E-state index is 0.163. The van der Waals surface area contributed by atoms with Crippen LogP contribution in [0.2, 0.25) is 0 Å². The summed E-state index contributed by atoms with van der Waals surface area (Å²) in [4.78, 5) is 10.5. The number of fused-ring (bicyclic) bond motifs is 6. The lowest BCUT2D eigenvalue weighted by Crippen LogP contribution is -2.15. The summed E-state index contributed by atoms with van der Waals surface area (Å²) in [5, 5.41) is 0. The van der Waals surface area contributed by atoms with E-state index in [1.54, 1.807) is 0 Å². The molecule has 2 aliphatic rings. The van der Waals surface area contributed by atoms with Crippen molar-refractivity contribution in [3.63, 3.8) is 0 Å². The third kappa shape index (κ3) is 5.16. The van der Waals surface area contributed by atoms with E-state index in [9.17, 15) is 0 Å². The van der Waals surface area contributed by atoms with E-state index in [2.05, 4.69) is 111 Å². The molecule has 0 spiro atoms. The quantitative estimate of drug-likeness (QED) is 0.181. The van der Waals surface area contributed by atoms with Gasteiger partial charge in [-0.15, -0.1) is 0 Å². The van der Waals surface area contributed by atoms with E-state index >= 15 is 0 Å². The van der Waals surface area contributed by atoms with Crippen LogP contribution in [0, 0.1) is 0 Å². The molecule has 0 atom stereocenters. The lowest BCUT2D eigenvalue weighted by Gasteiger charge is -2.26. The fourth-order valence-corrected chi connectivity index (χ4v) is 8.02. The molecule has 0 amide bonds. The highest BCUT2D eigenvalue weighted by molar-refractivity contribution is 5.91. The van der Waals surface area contributed by atoms with Crippen LogP contribution in [0.25, 0.3) is 67.3 Å². The van der Waals surface area contributed by atoms with Gasteiger partial charge in [-0.2, -0.15) is 0 Å². The largest absolute Gasteiger partial charge is 0.449 e. The molecular formula is C49H35N3O2. The second-order valence-corrected chi connectivity index (χ2v) is 14.4. The van der Waals surface area contributed by atoms with E-state index in [0.29, 0.717) is 23.1 Å². The third-order valence-corrected chi connectivity index (χ3v) is 10.7. The summed E-state index contributed by atoms with van der Waals surface area (Å²) in [6.07, 6.45) is 0. The molecule has 0 saturated heterocycles. The van der Waals surface area contributed by atoms with Gasteiger partial charge >= 0.3 is 0 Å². The van der Waals surface area contributed by atoms with Gasteiger partial charge < -0.3 is 15.2 Å². The summed E-state index contributed by atoms with van der Waals surface area (Å²) >= 11 is 0. The van der Waals surface area contributed by atoms with Crippen molar-refractivity contribution in [1.82, 2.24) is 9.97 Å². The average Bonchev–Trinajstić information content (AvgIpc) is 3.46. The Bertz CT molecular complexity index is 2770. The SMILES string of the molecule is CC1(C)c2ccccc2-c2c1ccc1c2Oc2c(cccc2-c2ccccc2-c2nc(-c3ccccc3)cc(-c3cccc(-c4cccc(N)c4)c3)n2)O1. The molecule has 0 saturated carbocycles. The van der Waals surface area contributed by atoms with Gasteiger partial charge in [-0.1, -0.05) is 141 Å². The maximum Gasteiger partial charge on any atom is 0.178 e. The molecule has 2 heterocycles. The van der Waals surface area contributed by atoms with Crippen molar-refractivity contribution < 1.29 is 9.47 Å². The lowest BCUT2D eigenvalue weighted by molar-refractivity contribution is 0.361. The summed E-state index contributed by atoms with van der Waals surface area (Å²) in [5.74, 6) is 3.40. The number of ether oxygens (including phenoxy) is 2. The minimum atomic E-state index is -0.163. The van der Waals surface area contributed by atoms with Gasteiger partial charge in [0.2, 0.25) is 0 Å². The summed E-state index contributed by atoms with van der Waals surface area (Å²) in [5.41, 5.74) is 20.0. The molecule has 10 rings (SSSR count). The molecule has 258 valence electrons. The molecule has 5 heteroatoms. The van der Waals surface area contributed by atoms with Crippen molar-refractivity contribution >= 4 is 5.69 Å². The van der Waals surface area contributed by atoms with Crippen LogP contribution in [-0.4, -0.2) is 9.97 Å². The van der Waals surface area contributed by atoms with Crippen molar-refractivity contribution in [2.24, 2.45) is 0 Å². The molecule has 1 aromatic heterocycles. The smallest absolute Gasteiger partial charge is 0.178 e. The molecule has 0 fully saturated rings. The molecular weight excluding hydrogens is 663 g/mol. The molecule has 2 N–H and O–H groups in total. The Morgan fingerprint density at radius 1 is 0.444 bits per heavy atom. The standard InChI is InChI=1S/C49H35N3O2/c1-49(2)39-23-9-8-21-38(39)45-40(49)25-26-44-47(45)54-46-36(22-12-24-43(46)53-44)35-19-6-7-20-37(35)48-51-41(30-13-4-3-5-14-30)29-42(52-48)33-17-10-15-31(27-33)32-16-11-18-34(50)28-32/h3-29H,50H2,1-2H3. The molecule has 0 bridgehead atoms. The van der Waals surface area contributed by atoms with Crippen LogP contribution >= 0.6 is 0 Å². The highest BCUT2D eigenvalue weighted by atomic mass is 16.6. The number of aromatic nitrogens is 2. The first-order valence-electron chi connectivity index (χ1n) is 18.2. The summed E-state index contributed by atoms with van der Waals surface area (Å²) in [7, 11) is 0. The Morgan fingerprint density at radius 2 is 1.06 bits per heavy atom. The van der Waals surface area contributed by atoms with Gasteiger partial charge in [0.05, 0.1) is 11.4 Å². The number of nitrogen functional groups attached to an aromatic ring is 1. The number of hydrogen-bond acceptors (Lipinski definition) is 5. The van der Waals surface area contributed by atoms with Gasteiger partial charge in [0.25, 0.3) is 0 Å². The van der Waals surface area contributed by atoms with Crippen LogP contribution in [0.3, 0.4) is 0 Å². The minimum Gasteiger partial charge on any atom is -0.449 e. The first kappa shape index (κ1) is 31.7. The Hall–Kier alpha value is -6.98. The van der Waals surface area contributed by atoms with Gasteiger partial charge in [0.1, 0.15) is 0 Å².